The summed E-state index contributed by atoms with van der Waals surface area (Å²) in [5.41, 5.74) is 4.12. The van der Waals surface area contributed by atoms with Gasteiger partial charge >= 0.3 is 12.1 Å². The summed E-state index contributed by atoms with van der Waals surface area (Å²) >= 11 is 0. The van der Waals surface area contributed by atoms with E-state index in [4.69, 9.17) is 28.8 Å². The number of nitrogens with zero attached hydrogens (tertiary/aromatic N) is 5. The zero-order valence-electron chi connectivity index (χ0n) is 28.7. The van der Waals surface area contributed by atoms with Crippen molar-refractivity contribution in [2.24, 2.45) is 0 Å². The van der Waals surface area contributed by atoms with Crippen LogP contribution in [-0.2, 0) is 55.6 Å². The van der Waals surface area contributed by atoms with E-state index in [1.54, 1.807) is 35.8 Å². The number of aryl methyl sites for hydroxylation is 1. The molecule has 0 saturated carbocycles. The molecule has 7 rings (SSSR count). The predicted molar refractivity (Wildman–Crippen MR) is 178 cm³/mol. The molecule has 6 atom stereocenters. The minimum Gasteiger partial charge on any atom is -0.458 e. The monoisotopic (exact) mass is 738 g/mol. The Balaban J connectivity index is 0.949. The lowest BCUT2D eigenvalue weighted by atomic mass is 9.86. The summed E-state index contributed by atoms with van der Waals surface area (Å²) in [7, 11) is 0. The minimum atomic E-state index is -1.93. The predicted octanol–water partition coefficient (Wildman–Crippen LogP) is -0.557. The van der Waals surface area contributed by atoms with Crippen molar-refractivity contribution in [2.75, 3.05) is 19.8 Å². The lowest BCUT2D eigenvalue weighted by Crippen LogP contribution is -2.56. The fourth-order valence-corrected chi connectivity index (χ4v) is 6.93. The first-order chi connectivity index (χ1) is 25.5. The van der Waals surface area contributed by atoms with Crippen LogP contribution in [0.3, 0.4) is 0 Å². The summed E-state index contributed by atoms with van der Waals surface area (Å²) in [6.07, 6.45) is -5.72. The van der Waals surface area contributed by atoms with E-state index in [-0.39, 0.29) is 61.8 Å². The highest BCUT2D eigenvalue weighted by Crippen LogP contribution is 2.41. The quantitative estimate of drug-likeness (QED) is 0.0564. The maximum Gasteiger partial charge on any atom is 0.436 e. The van der Waals surface area contributed by atoms with Gasteiger partial charge in [0.15, 0.2) is 11.8 Å². The zero-order valence-corrected chi connectivity index (χ0v) is 28.7. The van der Waals surface area contributed by atoms with Crippen LogP contribution in [-0.4, -0.2) is 106 Å². The molecule has 0 unspecified atom stereocenters. The van der Waals surface area contributed by atoms with Gasteiger partial charge in [-0.05, 0) is 42.7 Å². The van der Waals surface area contributed by atoms with Crippen molar-refractivity contribution in [2.45, 2.75) is 82.7 Å². The molecule has 0 aliphatic carbocycles. The Morgan fingerprint density at radius 2 is 1.91 bits per heavy atom. The first-order valence-electron chi connectivity index (χ1n) is 17.0. The van der Waals surface area contributed by atoms with E-state index in [0.717, 1.165) is 21.2 Å². The van der Waals surface area contributed by atoms with Gasteiger partial charge in [0.25, 0.3) is 5.56 Å². The molecule has 6 heterocycles. The van der Waals surface area contributed by atoms with Crippen LogP contribution >= 0.6 is 0 Å². The number of hydrogen-bond acceptors (Lipinski definition) is 16. The van der Waals surface area contributed by atoms with Gasteiger partial charge in [0.2, 0.25) is 0 Å². The Bertz CT molecular complexity index is 2120. The minimum absolute atomic E-state index is 0.0170. The molecule has 3 aliphatic rings. The van der Waals surface area contributed by atoms with Crippen molar-refractivity contribution in [3.63, 3.8) is 0 Å². The number of aromatic nitrogens is 5. The summed E-state index contributed by atoms with van der Waals surface area (Å²) < 4.78 is 24.3. The summed E-state index contributed by atoms with van der Waals surface area (Å²) in [6, 6.07) is 6.61. The maximum atomic E-state index is 13.6. The van der Waals surface area contributed by atoms with Gasteiger partial charge in [-0.15, -0.1) is 5.10 Å². The van der Waals surface area contributed by atoms with Gasteiger partial charge < -0.3 is 49.0 Å². The number of nitrogens with one attached hydrogen (secondary N) is 1. The number of carbonyl (C=O) groups is 2. The molecule has 6 N–H and O–H groups in total. The highest BCUT2D eigenvalue weighted by atomic mass is 16.7. The van der Waals surface area contributed by atoms with Gasteiger partial charge in [0.05, 0.1) is 61.6 Å². The molecular weight excluding hydrogens is 700 g/mol. The lowest BCUT2D eigenvalue weighted by Gasteiger charge is -2.39. The molecular formula is C34H38N6O13. The molecule has 1 fully saturated rings. The lowest BCUT2D eigenvalue weighted by molar-refractivity contribution is -0.254. The van der Waals surface area contributed by atoms with Crippen molar-refractivity contribution in [3.05, 3.63) is 68.8 Å². The smallest absolute Gasteiger partial charge is 0.436 e. The molecule has 0 bridgehead atoms. The van der Waals surface area contributed by atoms with Crippen molar-refractivity contribution in [1.29, 1.82) is 0 Å². The Hall–Kier alpha value is -4.86. The maximum absolute atomic E-state index is 13.6. The molecule has 19 nitrogen and oxygen atoms in total. The highest BCUT2D eigenvalue weighted by molar-refractivity contribution is 5.90. The number of pyridine rings is 2. The standard InChI is InChI=1S/C34H38N6O13/c1-3-18-19-9-17(5-6-23(19)35-26-20(18)12-39-24(26)10-22-21(30(39)45)15-50-32(46)34(22,48)4-2)52-33(47)37-51-8-7-49-14-16-11-40(38-36-16)31-29(44)28(43)27(42)25(13-41)53-31/h5-6,9-11,25,27-29,31,41-44,48H,3-4,7-8,12-15H2,1-2H3,(H,37,47)/t25-,27-,28+,29-,31-,34-/m0/s1. The topological polar surface area (TPSA) is 259 Å². The Morgan fingerprint density at radius 1 is 1.09 bits per heavy atom. The average molecular weight is 739 g/mol. The molecule has 3 aliphatic heterocycles. The number of benzene rings is 1. The SMILES string of the molecule is CCc1c2c(nc3ccc(OC(=O)NOCCOCc4cn([C@H]5O[C@@H](CO)[C@H](O)[C@@H](O)[C@@H]5O)nn4)cc13)-c1cc3c(c(=O)n1C2)COC(=O)[C@]3(O)CC. The number of amides is 1. The molecule has 1 saturated heterocycles. The third kappa shape index (κ3) is 6.44. The Labute approximate surface area is 300 Å². The number of rotatable bonds is 11. The van der Waals surface area contributed by atoms with Crippen LogP contribution in [0.15, 0.2) is 35.3 Å². The number of hydroxylamine groups is 1. The number of hydrogen-bond donors (Lipinski definition) is 6. The number of esters is 1. The van der Waals surface area contributed by atoms with Gasteiger partial charge in [0, 0.05) is 16.5 Å². The second-order valence-electron chi connectivity index (χ2n) is 12.9. The Morgan fingerprint density at radius 3 is 2.66 bits per heavy atom. The zero-order chi connectivity index (χ0) is 37.6. The largest absolute Gasteiger partial charge is 0.458 e. The number of carbonyl (C=O) groups excluding carboxylic acids is 2. The Kier molecular flexibility index (Phi) is 10.00. The van der Waals surface area contributed by atoms with E-state index in [9.17, 15) is 39.9 Å². The molecule has 3 aromatic heterocycles. The van der Waals surface area contributed by atoms with E-state index < -0.39 is 54.9 Å². The second kappa shape index (κ2) is 14.5. The average Bonchev–Trinajstić information content (AvgIpc) is 3.78. The van der Waals surface area contributed by atoms with Crippen LogP contribution in [0.4, 0.5) is 4.79 Å². The molecule has 282 valence electrons. The van der Waals surface area contributed by atoms with Crippen LogP contribution in [0.25, 0.3) is 22.3 Å². The summed E-state index contributed by atoms with van der Waals surface area (Å²) in [4.78, 5) is 48.6. The number of aliphatic hydroxyl groups excluding tert-OH is 4. The van der Waals surface area contributed by atoms with Crippen LogP contribution in [0.2, 0.25) is 0 Å². The fourth-order valence-electron chi connectivity index (χ4n) is 6.93. The fraction of sp³-hybridized carbons (Fsp3) is 0.471. The molecule has 0 radical (unpaired) electrons. The molecule has 19 heteroatoms. The van der Waals surface area contributed by atoms with Crippen molar-refractivity contribution >= 4 is 23.0 Å². The number of fused-ring (bicyclic) bond motifs is 5. The van der Waals surface area contributed by atoms with E-state index in [1.165, 1.54) is 6.20 Å². The summed E-state index contributed by atoms with van der Waals surface area (Å²) in [5.74, 6) is -0.566. The summed E-state index contributed by atoms with van der Waals surface area (Å²) in [5, 5.41) is 59.3. The molecule has 1 amide bonds. The van der Waals surface area contributed by atoms with Crippen LogP contribution in [0.1, 0.15) is 54.4 Å². The van der Waals surface area contributed by atoms with Crippen molar-refractivity contribution in [1.82, 2.24) is 30.0 Å². The van der Waals surface area contributed by atoms with E-state index >= 15 is 0 Å². The second-order valence-corrected chi connectivity index (χ2v) is 12.9. The molecule has 4 aromatic rings. The molecule has 53 heavy (non-hydrogen) atoms. The number of aliphatic hydroxyl groups is 5. The highest BCUT2D eigenvalue weighted by Gasteiger charge is 2.46. The van der Waals surface area contributed by atoms with E-state index in [2.05, 4.69) is 15.8 Å². The first kappa shape index (κ1) is 36.5. The van der Waals surface area contributed by atoms with Crippen LogP contribution in [0, 0.1) is 0 Å². The number of cyclic esters (lactones) is 1. The van der Waals surface area contributed by atoms with Crippen LogP contribution in [0.5, 0.6) is 5.75 Å². The van der Waals surface area contributed by atoms with Crippen molar-refractivity contribution < 1.29 is 58.9 Å². The normalized spacial score (nSPS) is 24.7. The number of ether oxygens (including phenoxy) is 4. The first-order valence-corrected chi connectivity index (χ1v) is 17.0. The van der Waals surface area contributed by atoms with E-state index in [0.29, 0.717) is 29.0 Å². The van der Waals surface area contributed by atoms with Gasteiger partial charge in [-0.1, -0.05) is 19.1 Å². The summed E-state index contributed by atoms with van der Waals surface area (Å²) in [6.45, 7) is 3.02. The van der Waals surface area contributed by atoms with Crippen LogP contribution < -0.4 is 15.8 Å². The molecule has 1 aromatic carbocycles. The van der Waals surface area contributed by atoms with Gasteiger partial charge in [0.1, 0.15) is 42.5 Å². The third-order valence-electron chi connectivity index (χ3n) is 9.76. The molecule has 0 spiro atoms. The van der Waals surface area contributed by atoms with Gasteiger partial charge in [-0.3, -0.25) is 9.63 Å². The van der Waals surface area contributed by atoms with Crippen molar-refractivity contribution in [3.8, 4) is 17.1 Å². The third-order valence-corrected chi connectivity index (χ3v) is 9.76. The van der Waals surface area contributed by atoms with E-state index in [1.807, 2.05) is 6.92 Å². The van der Waals surface area contributed by atoms with Gasteiger partial charge in [-0.2, -0.15) is 5.48 Å². The van der Waals surface area contributed by atoms with Gasteiger partial charge in [-0.25, -0.2) is 19.3 Å².